The van der Waals surface area contributed by atoms with Gasteiger partial charge in [0, 0.05) is 5.56 Å². The average molecular weight is 333 g/mol. The molecule has 0 fully saturated rings. The van der Waals surface area contributed by atoms with Crippen LogP contribution in [0.5, 0.6) is 11.6 Å². The lowest BCUT2D eigenvalue weighted by Crippen LogP contribution is -2.04. The van der Waals surface area contributed by atoms with E-state index < -0.39 is 0 Å². The van der Waals surface area contributed by atoms with Gasteiger partial charge in [0.15, 0.2) is 3.92 Å². The van der Waals surface area contributed by atoms with Crippen molar-refractivity contribution in [3.8, 4) is 22.1 Å². The fraction of sp³-hybridized carbons (Fsp3) is 0.182. The second-order valence-corrected chi connectivity index (χ2v) is 6.22. The Morgan fingerprint density at radius 3 is 3.12 bits per heavy atom. The van der Waals surface area contributed by atoms with E-state index in [1.807, 2.05) is 12.1 Å². The maximum Gasteiger partial charge on any atom is 0.234 e. The molecule has 0 radical (unpaired) electrons. The predicted octanol–water partition coefficient (Wildman–Crippen LogP) is 4.13. The molecule has 0 bridgehead atoms. The molecule has 0 aliphatic carbocycles. The molecule has 6 heteroatoms. The third-order valence-electron chi connectivity index (χ3n) is 2.56. The van der Waals surface area contributed by atoms with Crippen LogP contribution in [0.1, 0.15) is 5.56 Å². The SMILES string of the molecule is COc1cc2c(cc1Cl)COc1nc(Br)sc1-2. The molecule has 17 heavy (non-hydrogen) atoms. The summed E-state index contributed by atoms with van der Waals surface area (Å²) in [4.78, 5) is 5.27. The second kappa shape index (κ2) is 4.15. The van der Waals surface area contributed by atoms with Gasteiger partial charge in [-0.05, 0) is 33.6 Å². The molecule has 88 valence electrons. The van der Waals surface area contributed by atoms with Crippen molar-refractivity contribution in [2.24, 2.45) is 0 Å². The molecule has 0 amide bonds. The lowest BCUT2D eigenvalue weighted by molar-refractivity contribution is 0.291. The smallest absolute Gasteiger partial charge is 0.234 e. The number of hydrogen-bond acceptors (Lipinski definition) is 4. The van der Waals surface area contributed by atoms with Crippen molar-refractivity contribution in [3.63, 3.8) is 0 Å². The van der Waals surface area contributed by atoms with Gasteiger partial charge in [0.2, 0.25) is 5.88 Å². The molecule has 1 aliphatic heterocycles. The van der Waals surface area contributed by atoms with Crippen LogP contribution in [-0.2, 0) is 6.61 Å². The zero-order valence-electron chi connectivity index (χ0n) is 8.79. The van der Waals surface area contributed by atoms with E-state index in [0.29, 0.717) is 23.3 Å². The molecule has 0 atom stereocenters. The summed E-state index contributed by atoms with van der Waals surface area (Å²) in [6.45, 7) is 0.488. The molecular formula is C11H7BrClNO2S. The molecule has 0 saturated heterocycles. The summed E-state index contributed by atoms with van der Waals surface area (Å²) in [5.41, 5.74) is 2.13. The normalized spacial score (nSPS) is 12.6. The quantitative estimate of drug-likeness (QED) is 0.787. The molecule has 0 spiro atoms. The van der Waals surface area contributed by atoms with Gasteiger partial charge < -0.3 is 9.47 Å². The first-order chi connectivity index (χ1) is 8.19. The molecule has 0 unspecified atom stereocenters. The number of benzene rings is 1. The van der Waals surface area contributed by atoms with E-state index in [2.05, 4.69) is 20.9 Å². The Balaban J connectivity index is 2.23. The van der Waals surface area contributed by atoms with Crippen LogP contribution in [0.15, 0.2) is 16.0 Å². The molecule has 1 aromatic carbocycles. The van der Waals surface area contributed by atoms with Crippen LogP contribution in [0.3, 0.4) is 0 Å². The van der Waals surface area contributed by atoms with E-state index in [1.165, 1.54) is 11.3 Å². The molecule has 3 rings (SSSR count). The Labute approximate surface area is 115 Å². The van der Waals surface area contributed by atoms with E-state index in [0.717, 1.165) is 19.9 Å². The van der Waals surface area contributed by atoms with Crippen LogP contribution < -0.4 is 9.47 Å². The lowest BCUT2D eigenvalue weighted by atomic mass is 10.0. The Morgan fingerprint density at radius 2 is 2.35 bits per heavy atom. The van der Waals surface area contributed by atoms with Crippen molar-refractivity contribution < 1.29 is 9.47 Å². The highest BCUT2D eigenvalue weighted by atomic mass is 79.9. The fourth-order valence-corrected chi connectivity index (χ4v) is 3.48. The van der Waals surface area contributed by atoms with Crippen LogP contribution in [-0.4, -0.2) is 12.1 Å². The lowest BCUT2D eigenvalue weighted by Gasteiger charge is -2.17. The summed E-state index contributed by atoms with van der Waals surface area (Å²) in [6, 6.07) is 3.82. The highest BCUT2D eigenvalue weighted by Gasteiger charge is 2.23. The van der Waals surface area contributed by atoms with Crippen LogP contribution in [0.4, 0.5) is 0 Å². The monoisotopic (exact) mass is 331 g/mol. The molecule has 0 saturated carbocycles. The molecule has 3 nitrogen and oxygen atoms in total. The highest BCUT2D eigenvalue weighted by molar-refractivity contribution is 9.11. The van der Waals surface area contributed by atoms with Crippen molar-refractivity contribution in [2.75, 3.05) is 7.11 Å². The maximum absolute atomic E-state index is 6.09. The third kappa shape index (κ3) is 1.82. The van der Waals surface area contributed by atoms with Gasteiger partial charge in [0.1, 0.15) is 12.4 Å². The Bertz CT molecular complexity index is 599. The molecule has 2 aromatic rings. The van der Waals surface area contributed by atoms with E-state index in [4.69, 9.17) is 21.1 Å². The number of hydrogen-bond donors (Lipinski definition) is 0. The van der Waals surface area contributed by atoms with Gasteiger partial charge in [-0.3, -0.25) is 0 Å². The largest absolute Gasteiger partial charge is 0.495 e. The molecule has 1 aliphatic rings. The van der Waals surface area contributed by atoms with Gasteiger partial charge in [-0.15, -0.1) is 11.3 Å². The van der Waals surface area contributed by atoms with Gasteiger partial charge in [-0.25, -0.2) is 0 Å². The molecule has 0 N–H and O–H groups in total. The van der Waals surface area contributed by atoms with Gasteiger partial charge in [-0.2, -0.15) is 4.98 Å². The molecular weight excluding hydrogens is 326 g/mol. The first kappa shape index (κ1) is 11.3. The van der Waals surface area contributed by atoms with Crippen LogP contribution in [0, 0.1) is 0 Å². The summed E-state index contributed by atoms with van der Waals surface area (Å²) in [7, 11) is 1.61. The van der Waals surface area contributed by atoms with E-state index >= 15 is 0 Å². The minimum Gasteiger partial charge on any atom is -0.495 e. The van der Waals surface area contributed by atoms with Crippen molar-refractivity contribution in [2.45, 2.75) is 6.61 Å². The van der Waals surface area contributed by atoms with Crippen molar-refractivity contribution in [1.29, 1.82) is 0 Å². The predicted molar refractivity (Wildman–Crippen MR) is 71.1 cm³/mol. The van der Waals surface area contributed by atoms with Gasteiger partial charge >= 0.3 is 0 Å². The van der Waals surface area contributed by atoms with Crippen molar-refractivity contribution >= 4 is 38.9 Å². The summed E-state index contributed by atoms with van der Waals surface area (Å²) < 4.78 is 11.6. The van der Waals surface area contributed by atoms with E-state index in [-0.39, 0.29) is 0 Å². The zero-order valence-corrected chi connectivity index (χ0v) is 11.9. The summed E-state index contributed by atoms with van der Waals surface area (Å²) >= 11 is 11.0. The topological polar surface area (TPSA) is 31.4 Å². The average Bonchev–Trinajstić information content (AvgIpc) is 2.69. The zero-order chi connectivity index (χ0) is 12.0. The minimum absolute atomic E-state index is 0.488. The van der Waals surface area contributed by atoms with Crippen LogP contribution in [0.25, 0.3) is 10.4 Å². The molecule has 2 heterocycles. The number of aromatic nitrogens is 1. The summed E-state index contributed by atoms with van der Waals surface area (Å²) in [5, 5.41) is 0.599. The standard InChI is InChI=1S/C11H7BrClNO2S/c1-15-8-3-6-5(2-7(8)13)4-16-10-9(6)17-11(12)14-10/h2-3H,4H2,1H3. The van der Waals surface area contributed by atoms with E-state index in [1.54, 1.807) is 7.11 Å². The Kier molecular flexibility index (Phi) is 2.77. The third-order valence-corrected chi connectivity index (χ3v) is 4.37. The number of nitrogens with zero attached hydrogens (tertiary/aromatic N) is 1. The Morgan fingerprint density at radius 1 is 1.53 bits per heavy atom. The number of methoxy groups -OCH3 is 1. The fourth-order valence-electron chi connectivity index (χ4n) is 1.78. The van der Waals surface area contributed by atoms with Crippen molar-refractivity contribution in [1.82, 2.24) is 4.98 Å². The van der Waals surface area contributed by atoms with Gasteiger partial charge in [0.05, 0.1) is 17.0 Å². The summed E-state index contributed by atoms with van der Waals surface area (Å²) in [5.74, 6) is 1.33. The number of fused-ring (bicyclic) bond motifs is 3. The first-order valence-electron chi connectivity index (χ1n) is 4.85. The number of ether oxygens (including phenoxy) is 2. The van der Waals surface area contributed by atoms with Gasteiger partial charge in [0.25, 0.3) is 0 Å². The number of thiazole rings is 1. The highest BCUT2D eigenvalue weighted by Crippen LogP contribution is 2.45. The van der Waals surface area contributed by atoms with E-state index in [9.17, 15) is 0 Å². The minimum atomic E-state index is 0.488. The van der Waals surface area contributed by atoms with Gasteiger partial charge in [-0.1, -0.05) is 11.6 Å². The van der Waals surface area contributed by atoms with Crippen LogP contribution >= 0.6 is 38.9 Å². The first-order valence-corrected chi connectivity index (χ1v) is 6.83. The molecule has 1 aromatic heterocycles. The van der Waals surface area contributed by atoms with Crippen LogP contribution in [0.2, 0.25) is 5.02 Å². The maximum atomic E-state index is 6.09. The summed E-state index contributed by atoms with van der Waals surface area (Å²) in [6.07, 6.45) is 0. The van der Waals surface area contributed by atoms with Crippen molar-refractivity contribution in [3.05, 3.63) is 26.6 Å². The Hall–Kier alpha value is -0.780. The second-order valence-electron chi connectivity index (χ2n) is 3.53. The number of halogens is 2. The number of rotatable bonds is 1.